The van der Waals surface area contributed by atoms with Crippen LogP contribution >= 0.6 is 7.82 Å². The van der Waals surface area contributed by atoms with Crippen LogP contribution in [0.3, 0.4) is 0 Å². The molecule has 2 unspecified atom stereocenters. The number of rotatable bonds is 40. The second-order valence-electron chi connectivity index (χ2n) is 14.4. The summed E-state index contributed by atoms with van der Waals surface area (Å²) in [5.74, 6) is -1.03. The fraction of sp³-hybridized carbons (Fsp3) is 0.696. The maximum atomic E-state index is 12.6. The van der Waals surface area contributed by atoms with E-state index >= 15 is 0 Å². The monoisotopic (exact) mass is 823 g/mol. The zero-order chi connectivity index (χ0) is 41.9. The SMILES string of the molecule is CCCCC/C=C/C/C=C/C/C=C/C/C=C/CCCCCCCC(=O)OCC(COP(=O)(O)OC[C@H](O)CO)OC(=O)CC/C=C/C/C=C/CCCCCCCC. The Kier molecular flexibility index (Phi) is 39.7. The molecule has 0 radical (unpaired) electrons. The van der Waals surface area contributed by atoms with E-state index in [0.717, 1.165) is 64.2 Å². The van der Waals surface area contributed by atoms with Gasteiger partial charge in [0.2, 0.25) is 0 Å². The molecule has 0 aromatic carbocycles. The van der Waals surface area contributed by atoms with Gasteiger partial charge in [-0.1, -0.05) is 151 Å². The summed E-state index contributed by atoms with van der Waals surface area (Å²) in [5.41, 5.74) is 0. The van der Waals surface area contributed by atoms with Crippen LogP contribution in [0.1, 0.15) is 168 Å². The van der Waals surface area contributed by atoms with Crippen LogP contribution in [0.25, 0.3) is 0 Å². The van der Waals surface area contributed by atoms with Crippen LogP contribution in [-0.2, 0) is 32.7 Å². The van der Waals surface area contributed by atoms with Gasteiger partial charge in [-0.05, 0) is 77.0 Å². The summed E-state index contributed by atoms with van der Waals surface area (Å²) >= 11 is 0. The minimum Gasteiger partial charge on any atom is -0.462 e. The van der Waals surface area contributed by atoms with Crippen molar-refractivity contribution in [1.29, 1.82) is 0 Å². The predicted octanol–water partition coefficient (Wildman–Crippen LogP) is 11.7. The number of unbranched alkanes of at least 4 members (excludes halogenated alkanes) is 14. The number of hydrogen-bond donors (Lipinski definition) is 3. The molecule has 0 aliphatic heterocycles. The number of carbonyl (C=O) groups is 2. The highest BCUT2D eigenvalue weighted by atomic mass is 31.2. The Labute approximate surface area is 346 Å². The molecule has 0 heterocycles. The van der Waals surface area contributed by atoms with Crippen LogP contribution in [0.15, 0.2) is 72.9 Å². The molecule has 0 amide bonds. The van der Waals surface area contributed by atoms with Gasteiger partial charge in [0.05, 0.1) is 19.8 Å². The molecule has 3 atom stereocenters. The van der Waals surface area contributed by atoms with Crippen molar-refractivity contribution in [2.24, 2.45) is 0 Å². The zero-order valence-corrected chi connectivity index (χ0v) is 36.4. The van der Waals surface area contributed by atoms with E-state index in [1.807, 2.05) is 12.2 Å². The third kappa shape index (κ3) is 41.4. The normalized spacial score (nSPS) is 14.5. The first kappa shape index (κ1) is 54.4. The first-order valence-corrected chi connectivity index (χ1v) is 23.4. The fourth-order valence-corrected chi connectivity index (χ4v) is 6.23. The van der Waals surface area contributed by atoms with Crippen LogP contribution in [0.4, 0.5) is 0 Å². The molecule has 0 spiro atoms. The molecule has 11 heteroatoms. The summed E-state index contributed by atoms with van der Waals surface area (Å²) in [6.45, 7) is 2.24. The van der Waals surface area contributed by atoms with Crippen molar-refractivity contribution in [3.05, 3.63) is 72.9 Å². The maximum absolute atomic E-state index is 12.6. The lowest BCUT2D eigenvalue weighted by Crippen LogP contribution is -2.29. The van der Waals surface area contributed by atoms with E-state index in [4.69, 9.17) is 19.1 Å². The highest BCUT2D eigenvalue weighted by Gasteiger charge is 2.27. The van der Waals surface area contributed by atoms with Gasteiger partial charge < -0.3 is 24.6 Å². The Hall–Kier alpha value is -2.59. The van der Waals surface area contributed by atoms with Gasteiger partial charge in [0.1, 0.15) is 12.7 Å². The summed E-state index contributed by atoms with van der Waals surface area (Å²) < 4.78 is 32.6. The van der Waals surface area contributed by atoms with E-state index in [0.29, 0.717) is 12.8 Å². The van der Waals surface area contributed by atoms with Crippen LogP contribution in [-0.4, -0.2) is 65.7 Å². The molecule has 57 heavy (non-hydrogen) atoms. The Morgan fingerprint density at radius 3 is 1.47 bits per heavy atom. The largest absolute Gasteiger partial charge is 0.472 e. The second-order valence-corrected chi connectivity index (χ2v) is 15.8. The van der Waals surface area contributed by atoms with E-state index in [9.17, 15) is 24.2 Å². The summed E-state index contributed by atoms with van der Waals surface area (Å²) in [6.07, 6.45) is 47.4. The minimum absolute atomic E-state index is 0.0703. The number of allylic oxidation sites excluding steroid dienone is 12. The van der Waals surface area contributed by atoms with Crippen molar-refractivity contribution >= 4 is 19.8 Å². The second kappa shape index (κ2) is 41.6. The minimum atomic E-state index is -4.64. The van der Waals surface area contributed by atoms with Gasteiger partial charge in [-0.3, -0.25) is 18.6 Å². The molecular formula is C46H79O10P. The molecule has 0 saturated carbocycles. The molecule has 3 N–H and O–H groups in total. The predicted molar refractivity (Wildman–Crippen MR) is 233 cm³/mol. The van der Waals surface area contributed by atoms with Crippen LogP contribution in [0, 0.1) is 0 Å². The van der Waals surface area contributed by atoms with E-state index in [2.05, 4.69) is 79.1 Å². The average molecular weight is 823 g/mol. The first-order chi connectivity index (χ1) is 27.7. The third-order valence-electron chi connectivity index (χ3n) is 8.85. The molecule has 0 aliphatic carbocycles. The first-order valence-electron chi connectivity index (χ1n) is 21.9. The van der Waals surface area contributed by atoms with Crippen molar-refractivity contribution in [2.75, 3.05) is 26.4 Å². The van der Waals surface area contributed by atoms with Crippen molar-refractivity contribution in [1.82, 2.24) is 0 Å². The van der Waals surface area contributed by atoms with Crippen molar-refractivity contribution in [3.63, 3.8) is 0 Å². The van der Waals surface area contributed by atoms with Gasteiger partial charge in [-0.25, -0.2) is 4.57 Å². The molecule has 0 saturated heterocycles. The van der Waals surface area contributed by atoms with Gasteiger partial charge in [-0.15, -0.1) is 0 Å². The van der Waals surface area contributed by atoms with Crippen molar-refractivity contribution < 1.29 is 47.8 Å². The topological polar surface area (TPSA) is 149 Å². The fourth-order valence-electron chi connectivity index (χ4n) is 5.44. The Balaban J connectivity index is 4.37. The molecule has 328 valence electrons. The molecular weight excluding hydrogens is 743 g/mol. The van der Waals surface area contributed by atoms with Crippen LogP contribution in [0.5, 0.6) is 0 Å². The zero-order valence-electron chi connectivity index (χ0n) is 35.5. The van der Waals surface area contributed by atoms with Gasteiger partial charge in [0.25, 0.3) is 0 Å². The van der Waals surface area contributed by atoms with Gasteiger partial charge in [-0.2, -0.15) is 0 Å². The van der Waals surface area contributed by atoms with E-state index in [-0.39, 0.29) is 19.4 Å². The van der Waals surface area contributed by atoms with Crippen LogP contribution < -0.4 is 0 Å². The van der Waals surface area contributed by atoms with Gasteiger partial charge >= 0.3 is 19.8 Å². The number of esters is 2. The molecule has 0 aromatic heterocycles. The van der Waals surface area contributed by atoms with Gasteiger partial charge in [0, 0.05) is 12.8 Å². The summed E-state index contributed by atoms with van der Waals surface area (Å²) in [4.78, 5) is 34.9. The highest BCUT2D eigenvalue weighted by Crippen LogP contribution is 2.43. The highest BCUT2D eigenvalue weighted by molar-refractivity contribution is 7.47. The molecule has 0 fully saturated rings. The lowest BCUT2D eigenvalue weighted by Gasteiger charge is -2.20. The Bertz CT molecular complexity index is 1180. The van der Waals surface area contributed by atoms with Gasteiger partial charge in [0.15, 0.2) is 6.10 Å². The summed E-state index contributed by atoms with van der Waals surface area (Å²) in [5, 5.41) is 18.3. The standard InChI is InChI=1S/C46H79O10P/c1-3-5-7-9-11-13-15-17-18-19-20-21-22-23-24-26-27-29-31-33-35-37-45(49)53-41-44(42-55-57(51,52)54-40-43(48)39-47)56-46(50)38-36-34-32-30-28-25-16-14-12-10-8-6-4-2/h11,13,17-18,20-21,23-25,28,32,34,43-44,47-48H,3-10,12,14-16,19,22,26-27,29-31,33,35-42H2,1-2H3,(H,51,52)/b13-11+,18-17+,21-20+,24-23+,28-25+,34-32+/t43-,44?/m1/s1. The number of phosphoric ester groups is 1. The number of aliphatic hydroxyl groups is 2. The van der Waals surface area contributed by atoms with Crippen molar-refractivity contribution in [2.45, 2.75) is 180 Å². The molecule has 0 aliphatic rings. The number of aliphatic hydroxyl groups excluding tert-OH is 2. The van der Waals surface area contributed by atoms with E-state index in [1.165, 1.54) is 64.2 Å². The average Bonchev–Trinajstić information content (AvgIpc) is 3.20. The smallest absolute Gasteiger partial charge is 0.462 e. The van der Waals surface area contributed by atoms with Crippen LogP contribution in [0.2, 0.25) is 0 Å². The molecule has 10 nitrogen and oxygen atoms in total. The summed E-state index contributed by atoms with van der Waals surface area (Å²) in [7, 11) is -4.64. The number of carbonyl (C=O) groups excluding carboxylic acids is 2. The van der Waals surface area contributed by atoms with Crippen molar-refractivity contribution in [3.8, 4) is 0 Å². The summed E-state index contributed by atoms with van der Waals surface area (Å²) in [6, 6.07) is 0. The van der Waals surface area contributed by atoms with E-state index in [1.54, 1.807) is 0 Å². The number of phosphoric acid groups is 1. The number of ether oxygens (including phenoxy) is 2. The lowest BCUT2D eigenvalue weighted by molar-refractivity contribution is -0.161. The Morgan fingerprint density at radius 1 is 0.526 bits per heavy atom. The quantitative estimate of drug-likeness (QED) is 0.0236. The molecule has 0 bridgehead atoms. The number of hydrogen-bond acceptors (Lipinski definition) is 9. The molecule has 0 aromatic rings. The Morgan fingerprint density at radius 2 is 0.947 bits per heavy atom. The van der Waals surface area contributed by atoms with E-state index < -0.39 is 51.8 Å². The molecule has 0 rings (SSSR count). The third-order valence-corrected chi connectivity index (χ3v) is 9.80. The lowest BCUT2D eigenvalue weighted by atomic mass is 10.1. The maximum Gasteiger partial charge on any atom is 0.472 e.